The number of hydrogen-bond donors (Lipinski definition) is 1. The number of nitro groups is 1. The van der Waals surface area contributed by atoms with Crippen molar-refractivity contribution in [2.45, 2.75) is 0 Å². The van der Waals surface area contributed by atoms with Gasteiger partial charge in [-0.25, -0.2) is 9.78 Å². The second-order valence-corrected chi connectivity index (χ2v) is 4.76. The summed E-state index contributed by atoms with van der Waals surface area (Å²) in [6.45, 7) is 0.354. The molecule has 9 nitrogen and oxygen atoms in total. The predicted molar refractivity (Wildman–Crippen MR) is 89.2 cm³/mol. The number of carbonyl (C=O) groups excluding carboxylic acids is 1. The van der Waals surface area contributed by atoms with Gasteiger partial charge < -0.3 is 19.5 Å². The Kier molecular flexibility index (Phi) is 6.10. The first-order valence-corrected chi connectivity index (χ1v) is 7.29. The van der Waals surface area contributed by atoms with E-state index in [-0.39, 0.29) is 24.4 Å². The molecule has 2 aromatic rings. The van der Waals surface area contributed by atoms with E-state index < -0.39 is 10.9 Å². The molecule has 0 amide bonds. The number of rotatable bonds is 8. The predicted octanol–water partition coefficient (Wildman–Crippen LogP) is 2.28. The number of nitrogens with zero attached hydrogens (tertiary/aromatic N) is 2. The van der Waals surface area contributed by atoms with Crippen molar-refractivity contribution in [2.75, 3.05) is 32.7 Å². The number of aromatic nitrogens is 1. The molecule has 2 rings (SSSR count). The number of methoxy groups -OCH3 is 2. The van der Waals surface area contributed by atoms with E-state index in [2.05, 4.69) is 10.3 Å². The van der Waals surface area contributed by atoms with Gasteiger partial charge in [0.15, 0.2) is 0 Å². The zero-order chi connectivity index (χ0) is 18.2. The minimum absolute atomic E-state index is 0.0682. The number of carbonyl (C=O) groups is 1. The molecule has 0 aliphatic carbocycles. The summed E-state index contributed by atoms with van der Waals surface area (Å²) in [6.07, 6.45) is 1.15. The van der Waals surface area contributed by atoms with Gasteiger partial charge in [0.25, 0.3) is 5.69 Å². The zero-order valence-corrected chi connectivity index (χ0v) is 13.7. The Labute approximate surface area is 143 Å². The third-order valence-electron chi connectivity index (χ3n) is 3.23. The van der Waals surface area contributed by atoms with E-state index in [1.165, 1.54) is 26.4 Å². The van der Waals surface area contributed by atoms with E-state index in [4.69, 9.17) is 14.2 Å². The van der Waals surface area contributed by atoms with Gasteiger partial charge in [0.2, 0.25) is 0 Å². The van der Waals surface area contributed by atoms with Crippen LogP contribution in [0.15, 0.2) is 36.5 Å². The Morgan fingerprint density at radius 1 is 1.20 bits per heavy atom. The molecule has 0 saturated carbocycles. The maximum Gasteiger partial charge on any atom is 0.345 e. The number of nitrogens with one attached hydrogen (secondary N) is 1. The molecular weight excluding hydrogens is 330 g/mol. The average Bonchev–Trinajstić information content (AvgIpc) is 2.64. The lowest BCUT2D eigenvalue weighted by Crippen LogP contribution is -2.15. The summed E-state index contributed by atoms with van der Waals surface area (Å²) in [5.74, 6) is 0.577. The highest BCUT2D eigenvalue weighted by molar-refractivity contribution is 5.95. The van der Waals surface area contributed by atoms with E-state index >= 15 is 0 Å². The normalized spacial score (nSPS) is 10.0. The highest BCUT2D eigenvalue weighted by Crippen LogP contribution is 2.28. The van der Waals surface area contributed by atoms with Crippen LogP contribution in [0.2, 0.25) is 0 Å². The summed E-state index contributed by atoms with van der Waals surface area (Å²) < 4.78 is 15.5. The van der Waals surface area contributed by atoms with Crippen LogP contribution in [0.25, 0.3) is 0 Å². The van der Waals surface area contributed by atoms with Crippen molar-refractivity contribution in [3.05, 3.63) is 52.2 Å². The number of benzene rings is 1. The van der Waals surface area contributed by atoms with E-state index in [0.717, 1.165) is 6.20 Å². The quantitative estimate of drug-likeness (QED) is 0.335. The molecule has 0 bridgehead atoms. The monoisotopic (exact) mass is 347 g/mol. The van der Waals surface area contributed by atoms with E-state index in [1.807, 2.05) is 0 Å². The average molecular weight is 347 g/mol. The fourth-order valence-electron chi connectivity index (χ4n) is 2.05. The Hall–Kier alpha value is -3.36. The van der Waals surface area contributed by atoms with Gasteiger partial charge in [-0.2, -0.15) is 0 Å². The molecule has 0 spiro atoms. The summed E-state index contributed by atoms with van der Waals surface area (Å²) in [6, 6.07) is 7.79. The van der Waals surface area contributed by atoms with Gasteiger partial charge >= 0.3 is 5.97 Å². The first-order chi connectivity index (χ1) is 12.1. The lowest BCUT2D eigenvalue weighted by atomic mass is 10.2. The topological polar surface area (TPSA) is 113 Å². The zero-order valence-electron chi connectivity index (χ0n) is 13.7. The molecular formula is C16H17N3O6. The van der Waals surface area contributed by atoms with Crippen LogP contribution in [0.1, 0.15) is 10.4 Å². The first kappa shape index (κ1) is 18.0. The van der Waals surface area contributed by atoms with Gasteiger partial charge in [0.05, 0.1) is 25.7 Å². The molecule has 0 saturated heterocycles. The fourth-order valence-corrected chi connectivity index (χ4v) is 2.05. The Morgan fingerprint density at radius 2 is 1.88 bits per heavy atom. The third-order valence-corrected chi connectivity index (χ3v) is 3.23. The number of hydrogen-bond acceptors (Lipinski definition) is 8. The first-order valence-electron chi connectivity index (χ1n) is 7.29. The lowest BCUT2D eigenvalue weighted by molar-refractivity contribution is -0.385. The molecule has 132 valence electrons. The van der Waals surface area contributed by atoms with Crippen LogP contribution in [0.4, 0.5) is 11.5 Å². The van der Waals surface area contributed by atoms with Gasteiger partial charge in [-0.15, -0.1) is 0 Å². The molecule has 0 atom stereocenters. The van der Waals surface area contributed by atoms with Crippen molar-refractivity contribution >= 4 is 17.5 Å². The smallest absolute Gasteiger partial charge is 0.345 e. The van der Waals surface area contributed by atoms with Crippen LogP contribution in [0.5, 0.6) is 11.5 Å². The Balaban J connectivity index is 1.90. The number of ether oxygens (including phenoxy) is 3. The van der Waals surface area contributed by atoms with Crippen LogP contribution in [-0.2, 0) is 4.74 Å². The van der Waals surface area contributed by atoms with Gasteiger partial charge in [0, 0.05) is 6.07 Å². The van der Waals surface area contributed by atoms with Crippen LogP contribution in [0.3, 0.4) is 0 Å². The fraction of sp³-hybridized carbons (Fsp3) is 0.250. The highest BCUT2D eigenvalue weighted by Gasteiger charge is 2.19. The van der Waals surface area contributed by atoms with Crippen LogP contribution < -0.4 is 14.8 Å². The summed E-state index contributed by atoms with van der Waals surface area (Å²) in [7, 11) is 2.90. The number of anilines is 1. The molecule has 0 aliphatic heterocycles. The summed E-state index contributed by atoms with van der Waals surface area (Å²) in [4.78, 5) is 26.2. The molecule has 1 aromatic carbocycles. The standard InChI is InChI=1S/C16H17N3O6/c1-23-12-4-3-5-13(24-2)15(12)16(20)25-9-8-17-14-7-6-11(10-18-14)19(21)22/h3-7,10H,8-9H2,1-2H3,(H,17,18). The van der Waals surface area contributed by atoms with E-state index in [9.17, 15) is 14.9 Å². The SMILES string of the molecule is COc1cccc(OC)c1C(=O)OCCNc1ccc([N+](=O)[O-])cn1. The van der Waals surface area contributed by atoms with Gasteiger partial charge in [0.1, 0.15) is 35.7 Å². The van der Waals surface area contributed by atoms with Crippen molar-refractivity contribution in [3.63, 3.8) is 0 Å². The molecule has 25 heavy (non-hydrogen) atoms. The lowest BCUT2D eigenvalue weighted by Gasteiger charge is -2.12. The van der Waals surface area contributed by atoms with E-state index in [1.54, 1.807) is 18.2 Å². The molecule has 1 heterocycles. The molecule has 1 N–H and O–H groups in total. The molecule has 0 unspecified atom stereocenters. The maximum atomic E-state index is 12.2. The molecule has 0 aliphatic rings. The second kappa shape index (κ2) is 8.48. The largest absolute Gasteiger partial charge is 0.496 e. The Morgan fingerprint density at radius 3 is 2.40 bits per heavy atom. The number of esters is 1. The van der Waals surface area contributed by atoms with Gasteiger partial charge in [-0.3, -0.25) is 10.1 Å². The van der Waals surface area contributed by atoms with Crippen LogP contribution >= 0.6 is 0 Å². The van der Waals surface area contributed by atoms with Gasteiger partial charge in [-0.05, 0) is 18.2 Å². The third kappa shape index (κ3) is 4.56. The molecule has 0 radical (unpaired) electrons. The van der Waals surface area contributed by atoms with E-state index in [0.29, 0.717) is 17.3 Å². The minimum Gasteiger partial charge on any atom is -0.496 e. The minimum atomic E-state index is -0.576. The van der Waals surface area contributed by atoms with Crippen molar-refractivity contribution in [2.24, 2.45) is 0 Å². The van der Waals surface area contributed by atoms with Crippen LogP contribution in [0, 0.1) is 10.1 Å². The highest BCUT2D eigenvalue weighted by atomic mass is 16.6. The van der Waals surface area contributed by atoms with Crippen LogP contribution in [-0.4, -0.2) is 43.2 Å². The molecule has 9 heteroatoms. The molecule has 1 aromatic heterocycles. The Bertz CT molecular complexity index is 726. The van der Waals surface area contributed by atoms with Crippen molar-refractivity contribution in [3.8, 4) is 11.5 Å². The summed E-state index contributed by atoms with van der Waals surface area (Å²) in [5, 5.41) is 13.5. The van der Waals surface area contributed by atoms with Crippen molar-refractivity contribution in [1.29, 1.82) is 0 Å². The molecule has 0 fully saturated rings. The summed E-state index contributed by atoms with van der Waals surface area (Å²) in [5.41, 5.74) is 0.112. The van der Waals surface area contributed by atoms with Crippen molar-refractivity contribution < 1.29 is 23.9 Å². The van der Waals surface area contributed by atoms with Gasteiger partial charge in [-0.1, -0.05) is 6.07 Å². The van der Waals surface area contributed by atoms with Crippen molar-refractivity contribution in [1.82, 2.24) is 4.98 Å². The number of pyridine rings is 1. The second-order valence-electron chi connectivity index (χ2n) is 4.76. The maximum absolute atomic E-state index is 12.2. The summed E-state index contributed by atoms with van der Waals surface area (Å²) >= 11 is 0.